The first-order valence-corrected chi connectivity index (χ1v) is 9.82. The summed E-state index contributed by atoms with van der Waals surface area (Å²) in [6, 6.07) is 5.46. The molecule has 1 aliphatic carbocycles. The van der Waals surface area contributed by atoms with E-state index in [-0.39, 0.29) is 4.90 Å². The van der Waals surface area contributed by atoms with Crippen LogP contribution < -0.4 is 0 Å². The third-order valence-electron chi connectivity index (χ3n) is 5.07. The fraction of sp³-hybridized carbons (Fsp3) is 0.500. The van der Waals surface area contributed by atoms with Crippen molar-refractivity contribution in [3.05, 3.63) is 42.0 Å². The lowest BCUT2D eigenvalue weighted by molar-refractivity contribution is -0.188. The molecule has 1 aromatic rings. The lowest BCUT2D eigenvalue weighted by Crippen LogP contribution is -2.55. The van der Waals surface area contributed by atoms with Gasteiger partial charge in [-0.25, -0.2) is 13.2 Å². The molecule has 4 rings (SSSR count). The van der Waals surface area contributed by atoms with Crippen LogP contribution in [0.15, 0.2) is 41.3 Å². The molecule has 7 nitrogen and oxygen atoms in total. The number of nitrogens with zero attached hydrogens (tertiary/aromatic N) is 1. The lowest BCUT2D eigenvalue weighted by Gasteiger charge is -2.30. The van der Waals surface area contributed by atoms with Crippen molar-refractivity contribution >= 4 is 16.0 Å². The Labute approximate surface area is 152 Å². The van der Waals surface area contributed by atoms with E-state index >= 15 is 0 Å². The van der Waals surface area contributed by atoms with Crippen molar-refractivity contribution in [1.82, 2.24) is 4.31 Å². The Balaban J connectivity index is 1.76. The number of methoxy groups -OCH3 is 1. The van der Waals surface area contributed by atoms with E-state index in [4.69, 9.17) is 14.2 Å². The molecule has 0 bridgehead atoms. The molecule has 0 radical (unpaired) electrons. The van der Waals surface area contributed by atoms with Crippen molar-refractivity contribution < 1.29 is 27.4 Å². The summed E-state index contributed by atoms with van der Waals surface area (Å²) in [6.07, 6.45) is 2.74. The summed E-state index contributed by atoms with van der Waals surface area (Å²) in [5, 5.41) is 0. The number of esters is 1. The van der Waals surface area contributed by atoms with Gasteiger partial charge in [-0.05, 0) is 32.9 Å². The number of hydrogen-bond acceptors (Lipinski definition) is 6. The minimum absolute atomic E-state index is 0.181. The summed E-state index contributed by atoms with van der Waals surface area (Å²) in [5.41, 5.74) is -0.539. The second kappa shape index (κ2) is 5.39. The normalized spacial score (nSPS) is 36.9. The van der Waals surface area contributed by atoms with E-state index in [1.165, 1.54) is 11.4 Å². The maximum atomic E-state index is 13.1. The third kappa shape index (κ3) is 2.29. The molecule has 2 aliphatic heterocycles. The molecular formula is C18H21NO6S. The molecule has 8 heteroatoms. The SMILES string of the molecule is COC(=O)[C@@]12OC(C)(C)O[C@@H]1C=C[C@@H]1[C@H]2N1S(=O)(=O)c1ccc(C)cc1. The van der Waals surface area contributed by atoms with E-state index in [1.54, 1.807) is 50.3 Å². The van der Waals surface area contributed by atoms with Gasteiger partial charge in [-0.1, -0.05) is 29.8 Å². The molecule has 2 fully saturated rings. The molecule has 1 unspecified atom stereocenters. The molecule has 0 amide bonds. The first kappa shape index (κ1) is 17.7. The minimum atomic E-state index is -3.78. The molecule has 3 aliphatic rings. The summed E-state index contributed by atoms with van der Waals surface area (Å²) in [5.74, 6) is -1.66. The standard InChI is InChI=1S/C18H21NO6S/c1-11-5-7-12(8-6-11)26(21,22)19-13-9-10-14-18(15(13)19,16(20)23-4)25-17(2,3)24-14/h5-10,13-15H,1-4H3/t13-,14-,15-,18-,19?/m1/s1. The Kier molecular flexibility index (Phi) is 3.66. The van der Waals surface area contributed by atoms with Crippen molar-refractivity contribution in [1.29, 1.82) is 0 Å². The molecule has 1 aromatic carbocycles. The molecule has 2 heterocycles. The van der Waals surface area contributed by atoms with Gasteiger partial charge in [0.15, 0.2) is 5.79 Å². The minimum Gasteiger partial charge on any atom is -0.467 e. The van der Waals surface area contributed by atoms with Gasteiger partial charge >= 0.3 is 5.97 Å². The van der Waals surface area contributed by atoms with Gasteiger partial charge in [0.05, 0.1) is 24.1 Å². The Morgan fingerprint density at radius 1 is 1.19 bits per heavy atom. The number of benzene rings is 1. The van der Waals surface area contributed by atoms with Crippen molar-refractivity contribution in [2.75, 3.05) is 7.11 Å². The molecule has 26 heavy (non-hydrogen) atoms. The fourth-order valence-corrected chi connectivity index (χ4v) is 5.70. The molecule has 2 saturated heterocycles. The van der Waals surface area contributed by atoms with Crippen LogP contribution in [0.25, 0.3) is 0 Å². The summed E-state index contributed by atoms with van der Waals surface area (Å²) >= 11 is 0. The highest BCUT2D eigenvalue weighted by atomic mass is 32.2. The second-order valence-electron chi connectivity index (χ2n) is 7.29. The summed E-state index contributed by atoms with van der Waals surface area (Å²) in [4.78, 5) is 12.8. The van der Waals surface area contributed by atoms with Gasteiger partial charge < -0.3 is 14.2 Å². The van der Waals surface area contributed by atoms with Crippen molar-refractivity contribution in [3.8, 4) is 0 Å². The topological polar surface area (TPSA) is 81.9 Å². The summed E-state index contributed by atoms with van der Waals surface area (Å²) in [7, 11) is -2.52. The quantitative estimate of drug-likeness (QED) is 0.448. The van der Waals surface area contributed by atoms with Crippen LogP contribution in [0.2, 0.25) is 0 Å². The first-order valence-electron chi connectivity index (χ1n) is 8.38. The second-order valence-corrected chi connectivity index (χ2v) is 9.14. The van der Waals surface area contributed by atoms with Crippen molar-refractivity contribution in [2.45, 2.75) is 55.2 Å². The highest BCUT2D eigenvalue weighted by Gasteiger charge is 2.76. The van der Waals surface area contributed by atoms with Gasteiger partial charge in [0.2, 0.25) is 15.6 Å². The van der Waals surface area contributed by atoms with Crippen molar-refractivity contribution in [3.63, 3.8) is 0 Å². The van der Waals surface area contributed by atoms with Crippen LogP contribution in [0, 0.1) is 6.92 Å². The van der Waals surface area contributed by atoms with Gasteiger partial charge in [-0.15, -0.1) is 0 Å². The molecule has 140 valence electrons. The molecule has 0 N–H and O–H groups in total. The van der Waals surface area contributed by atoms with Gasteiger partial charge in [0, 0.05) is 0 Å². The number of hydrogen-bond donors (Lipinski definition) is 0. The highest BCUT2D eigenvalue weighted by molar-refractivity contribution is 7.89. The van der Waals surface area contributed by atoms with Gasteiger partial charge in [0.1, 0.15) is 6.10 Å². The van der Waals surface area contributed by atoms with Crippen LogP contribution in [0.3, 0.4) is 0 Å². The molecule has 0 aromatic heterocycles. The first-order chi connectivity index (χ1) is 12.1. The maximum Gasteiger partial charge on any atom is 0.343 e. The van der Waals surface area contributed by atoms with Gasteiger partial charge in [-0.2, -0.15) is 4.31 Å². The van der Waals surface area contributed by atoms with Crippen LogP contribution in [-0.2, 0) is 29.0 Å². The summed E-state index contributed by atoms with van der Waals surface area (Å²) in [6.45, 7) is 5.28. The van der Waals surface area contributed by atoms with E-state index in [0.29, 0.717) is 0 Å². The van der Waals surface area contributed by atoms with Crippen LogP contribution in [-0.4, -0.2) is 55.4 Å². The lowest BCUT2D eigenvalue weighted by atomic mass is 9.86. The van der Waals surface area contributed by atoms with Crippen molar-refractivity contribution in [2.24, 2.45) is 0 Å². The Hall–Kier alpha value is -1.74. The Morgan fingerprint density at radius 3 is 2.46 bits per heavy atom. The van der Waals surface area contributed by atoms with Crippen LogP contribution in [0.5, 0.6) is 0 Å². The monoisotopic (exact) mass is 379 g/mol. The zero-order valence-corrected chi connectivity index (χ0v) is 15.8. The summed E-state index contributed by atoms with van der Waals surface area (Å²) < 4.78 is 44.3. The van der Waals surface area contributed by atoms with E-state index in [0.717, 1.165) is 5.56 Å². The number of fused-ring (bicyclic) bond motifs is 3. The van der Waals surface area contributed by atoms with E-state index in [2.05, 4.69) is 0 Å². The van der Waals surface area contributed by atoms with E-state index in [1.807, 2.05) is 6.92 Å². The third-order valence-corrected chi connectivity index (χ3v) is 6.97. The highest BCUT2D eigenvalue weighted by Crippen LogP contribution is 2.54. The number of carbonyl (C=O) groups is 1. The Morgan fingerprint density at radius 2 is 1.85 bits per heavy atom. The number of rotatable bonds is 3. The maximum absolute atomic E-state index is 13.1. The largest absolute Gasteiger partial charge is 0.467 e. The van der Waals surface area contributed by atoms with E-state index < -0.39 is 45.6 Å². The number of sulfonamides is 1. The Bertz CT molecular complexity index is 891. The average molecular weight is 379 g/mol. The number of ether oxygens (including phenoxy) is 3. The van der Waals surface area contributed by atoms with Crippen LogP contribution in [0.1, 0.15) is 19.4 Å². The fourth-order valence-electron chi connectivity index (χ4n) is 3.95. The number of carbonyl (C=O) groups excluding carboxylic acids is 1. The molecule has 5 atom stereocenters. The molecule has 0 spiro atoms. The molecular weight excluding hydrogens is 358 g/mol. The smallest absolute Gasteiger partial charge is 0.343 e. The van der Waals surface area contributed by atoms with Gasteiger partial charge in [0.25, 0.3) is 0 Å². The zero-order valence-electron chi connectivity index (χ0n) is 15.0. The average Bonchev–Trinajstić information content (AvgIpc) is 3.25. The number of aryl methyl sites for hydroxylation is 1. The van der Waals surface area contributed by atoms with Crippen LogP contribution in [0.4, 0.5) is 0 Å². The zero-order chi connectivity index (χ0) is 18.9. The van der Waals surface area contributed by atoms with E-state index in [9.17, 15) is 13.2 Å². The predicted octanol–water partition coefficient (Wildman–Crippen LogP) is 1.37. The molecule has 0 saturated carbocycles. The van der Waals surface area contributed by atoms with Gasteiger partial charge in [-0.3, -0.25) is 0 Å². The predicted molar refractivity (Wildman–Crippen MR) is 91.7 cm³/mol. The van der Waals surface area contributed by atoms with Crippen LogP contribution >= 0.6 is 0 Å².